The van der Waals surface area contributed by atoms with Crippen LogP contribution in [0.4, 0.5) is 11.4 Å². The Morgan fingerprint density at radius 2 is 2.10 bits per heavy atom. The van der Waals surface area contributed by atoms with Crippen LogP contribution < -0.4 is 10.1 Å². The third kappa shape index (κ3) is 3.03. The van der Waals surface area contributed by atoms with Gasteiger partial charge in [0.05, 0.1) is 18.1 Å². The maximum absolute atomic E-state index is 11.1. The summed E-state index contributed by atoms with van der Waals surface area (Å²) in [5, 5.41) is 14.4. The molecule has 1 aliphatic rings. The van der Waals surface area contributed by atoms with Crippen molar-refractivity contribution in [1.29, 1.82) is 0 Å². The van der Waals surface area contributed by atoms with Gasteiger partial charge in [-0.3, -0.25) is 10.1 Å². The molecule has 0 amide bonds. The van der Waals surface area contributed by atoms with Gasteiger partial charge in [0.1, 0.15) is 11.4 Å². The first-order valence-corrected chi connectivity index (χ1v) is 7.16. The molecule has 5 nitrogen and oxygen atoms in total. The Morgan fingerprint density at radius 1 is 1.40 bits per heavy atom. The van der Waals surface area contributed by atoms with E-state index in [0.717, 1.165) is 13.0 Å². The average Bonchev–Trinajstić information content (AvgIpc) is 2.94. The van der Waals surface area contributed by atoms with Crippen LogP contribution in [0.1, 0.15) is 39.0 Å². The van der Waals surface area contributed by atoms with Crippen molar-refractivity contribution in [3.05, 3.63) is 28.3 Å². The van der Waals surface area contributed by atoms with Crippen LogP contribution in [-0.4, -0.2) is 18.6 Å². The summed E-state index contributed by atoms with van der Waals surface area (Å²) in [6.45, 7) is 3.01. The zero-order valence-electron chi connectivity index (χ0n) is 12.1. The summed E-state index contributed by atoms with van der Waals surface area (Å²) in [6, 6.07) is 4.95. The summed E-state index contributed by atoms with van der Waals surface area (Å²) in [7, 11) is 1.51. The average molecular weight is 278 g/mol. The highest BCUT2D eigenvalue weighted by Crippen LogP contribution is 2.41. The van der Waals surface area contributed by atoms with E-state index in [2.05, 4.69) is 12.2 Å². The zero-order chi connectivity index (χ0) is 14.6. The molecule has 0 aromatic heterocycles. The number of rotatable bonds is 6. The van der Waals surface area contributed by atoms with Gasteiger partial charge in [0, 0.05) is 6.54 Å². The lowest BCUT2D eigenvalue weighted by atomic mass is 9.83. The van der Waals surface area contributed by atoms with Crippen molar-refractivity contribution in [2.75, 3.05) is 19.0 Å². The van der Waals surface area contributed by atoms with Gasteiger partial charge in [-0.2, -0.15) is 0 Å². The zero-order valence-corrected chi connectivity index (χ0v) is 12.1. The molecule has 0 atom stereocenters. The summed E-state index contributed by atoms with van der Waals surface area (Å²) in [5.41, 5.74) is 0.956. The number of nitro benzene ring substituents is 1. The van der Waals surface area contributed by atoms with E-state index in [1.54, 1.807) is 12.1 Å². The van der Waals surface area contributed by atoms with E-state index in [1.807, 2.05) is 0 Å². The van der Waals surface area contributed by atoms with Crippen molar-refractivity contribution in [1.82, 2.24) is 0 Å². The van der Waals surface area contributed by atoms with E-state index in [-0.39, 0.29) is 10.6 Å². The molecule has 0 spiro atoms. The van der Waals surface area contributed by atoms with Crippen LogP contribution in [0.5, 0.6) is 5.75 Å². The SMILES string of the molecule is CCC1(CNc2ccc(OC)cc2[N+](=O)[O-])CCCC1. The Morgan fingerprint density at radius 3 is 2.65 bits per heavy atom. The normalized spacial score (nSPS) is 16.9. The van der Waals surface area contributed by atoms with E-state index in [0.29, 0.717) is 16.9 Å². The van der Waals surface area contributed by atoms with Crippen LogP contribution in [0.2, 0.25) is 0 Å². The molecule has 1 aromatic rings. The Kier molecular flexibility index (Phi) is 4.47. The van der Waals surface area contributed by atoms with Crippen molar-refractivity contribution >= 4 is 11.4 Å². The minimum atomic E-state index is -0.363. The first kappa shape index (κ1) is 14.6. The first-order chi connectivity index (χ1) is 9.60. The van der Waals surface area contributed by atoms with Crippen LogP contribution in [0.3, 0.4) is 0 Å². The van der Waals surface area contributed by atoms with Gasteiger partial charge in [0.15, 0.2) is 0 Å². The second-order valence-electron chi connectivity index (χ2n) is 5.55. The number of hydrogen-bond donors (Lipinski definition) is 1. The topological polar surface area (TPSA) is 64.4 Å². The van der Waals surface area contributed by atoms with Gasteiger partial charge in [-0.15, -0.1) is 0 Å². The fourth-order valence-corrected chi connectivity index (χ4v) is 3.00. The molecule has 0 radical (unpaired) electrons. The minimum Gasteiger partial charge on any atom is -0.496 e. The van der Waals surface area contributed by atoms with Crippen molar-refractivity contribution < 1.29 is 9.66 Å². The van der Waals surface area contributed by atoms with E-state index >= 15 is 0 Å². The number of ether oxygens (including phenoxy) is 1. The molecular weight excluding hydrogens is 256 g/mol. The van der Waals surface area contributed by atoms with Crippen LogP contribution in [0.25, 0.3) is 0 Å². The van der Waals surface area contributed by atoms with Gasteiger partial charge >= 0.3 is 0 Å². The van der Waals surface area contributed by atoms with Gasteiger partial charge < -0.3 is 10.1 Å². The number of nitro groups is 1. The standard InChI is InChI=1S/C15H22N2O3/c1-3-15(8-4-5-9-15)11-16-13-7-6-12(20-2)10-14(13)17(18)19/h6-7,10,16H,3-5,8-9,11H2,1-2H3. The molecule has 20 heavy (non-hydrogen) atoms. The molecule has 0 saturated heterocycles. The van der Waals surface area contributed by atoms with Crippen LogP contribution in [-0.2, 0) is 0 Å². The van der Waals surface area contributed by atoms with Gasteiger partial charge in [-0.25, -0.2) is 0 Å². The lowest BCUT2D eigenvalue weighted by Crippen LogP contribution is -2.26. The number of nitrogens with one attached hydrogen (secondary N) is 1. The Hall–Kier alpha value is -1.78. The summed E-state index contributed by atoms with van der Waals surface area (Å²) in [5.74, 6) is 0.508. The van der Waals surface area contributed by atoms with Crippen LogP contribution >= 0.6 is 0 Å². The van der Waals surface area contributed by atoms with Crippen molar-refractivity contribution in [2.45, 2.75) is 39.0 Å². The predicted molar refractivity (Wildman–Crippen MR) is 79.3 cm³/mol. The number of nitrogens with zero attached hydrogens (tertiary/aromatic N) is 1. The van der Waals surface area contributed by atoms with Crippen molar-refractivity contribution in [3.63, 3.8) is 0 Å². The number of benzene rings is 1. The second kappa shape index (κ2) is 6.11. The molecule has 5 heteroatoms. The molecule has 0 aliphatic heterocycles. The Balaban J connectivity index is 2.14. The lowest BCUT2D eigenvalue weighted by Gasteiger charge is -2.28. The molecule has 1 N–H and O–H groups in total. The van der Waals surface area contributed by atoms with Crippen molar-refractivity contribution in [3.8, 4) is 5.75 Å². The fourth-order valence-electron chi connectivity index (χ4n) is 3.00. The number of anilines is 1. The quantitative estimate of drug-likeness (QED) is 0.631. The number of methoxy groups -OCH3 is 1. The maximum Gasteiger partial charge on any atom is 0.296 e. The Bertz CT molecular complexity index is 482. The fraction of sp³-hybridized carbons (Fsp3) is 0.600. The van der Waals surface area contributed by atoms with E-state index in [4.69, 9.17) is 4.74 Å². The highest BCUT2D eigenvalue weighted by Gasteiger charge is 2.32. The predicted octanol–water partition coefficient (Wildman–Crippen LogP) is 3.99. The summed E-state index contributed by atoms with van der Waals surface area (Å²) in [4.78, 5) is 10.8. The highest BCUT2D eigenvalue weighted by atomic mass is 16.6. The highest BCUT2D eigenvalue weighted by molar-refractivity contribution is 5.64. The monoisotopic (exact) mass is 278 g/mol. The van der Waals surface area contributed by atoms with E-state index in [9.17, 15) is 10.1 Å². The third-order valence-corrected chi connectivity index (χ3v) is 4.47. The van der Waals surface area contributed by atoms with Gasteiger partial charge in [-0.1, -0.05) is 19.8 Å². The molecule has 1 aromatic carbocycles. The Labute approximate surface area is 119 Å². The van der Waals surface area contributed by atoms with Crippen LogP contribution in [0, 0.1) is 15.5 Å². The molecule has 0 bridgehead atoms. The smallest absolute Gasteiger partial charge is 0.296 e. The van der Waals surface area contributed by atoms with Gasteiger partial charge in [-0.05, 0) is 36.8 Å². The molecule has 1 saturated carbocycles. The van der Waals surface area contributed by atoms with E-state index < -0.39 is 0 Å². The molecule has 1 fully saturated rings. The van der Waals surface area contributed by atoms with Crippen LogP contribution in [0.15, 0.2) is 18.2 Å². The summed E-state index contributed by atoms with van der Waals surface area (Å²) >= 11 is 0. The minimum absolute atomic E-state index is 0.0774. The van der Waals surface area contributed by atoms with Gasteiger partial charge in [0.25, 0.3) is 5.69 Å². The molecule has 1 aliphatic carbocycles. The third-order valence-electron chi connectivity index (χ3n) is 4.47. The summed E-state index contributed by atoms with van der Waals surface area (Å²) in [6.07, 6.45) is 6.06. The largest absolute Gasteiger partial charge is 0.496 e. The molecule has 0 heterocycles. The molecule has 110 valence electrons. The molecular formula is C15H22N2O3. The lowest BCUT2D eigenvalue weighted by molar-refractivity contribution is -0.384. The molecule has 2 rings (SSSR count). The number of hydrogen-bond acceptors (Lipinski definition) is 4. The van der Waals surface area contributed by atoms with Gasteiger partial charge in [0.2, 0.25) is 0 Å². The summed E-state index contributed by atoms with van der Waals surface area (Å²) < 4.78 is 5.05. The first-order valence-electron chi connectivity index (χ1n) is 7.16. The van der Waals surface area contributed by atoms with Crippen molar-refractivity contribution in [2.24, 2.45) is 5.41 Å². The van der Waals surface area contributed by atoms with E-state index in [1.165, 1.54) is 38.9 Å². The maximum atomic E-state index is 11.1. The second-order valence-corrected chi connectivity index (χ2v) is 5.55. The molecule has 0 unspecified atom stereocenters.